The average Bonchev–Trinajstić information content (AvgIpc) is 2.56. The Morgan fingerprint density at radius 2 is 1.92 bits per heavy atom. The topological polar surface area (TPSA) is 61.8 Å². The van der Waals surface area contributed by atoms with E-state index >= 15 is 0 Å². The molecule has 0 fully saturated rings. The highest BCUT2D eigenvalue weighted by atomic mass is 79.9. The predicted molar refractivity (Wildman–Crippen MR) is 98.1 cm³/mol. The molecule has 122 valence electrons. The number of benzene rings is 2. The van der Waals surface area contributed by atoms with Crippen molar-refractivity contribution in [1.82, 2.24) is 0 Å². The second-order valence-corrected chi connectivity index (χ2v) is 6.47. The molecule has 2 aromatic carbocycles. The van der Waals surface area contributed by atoms with Crippen LogP contribution in [0.1, 0.15) is 18.4 Å². The highest BCUT2D eigenvalue weighted by Gasteiger charge is 2.25. The second kappa shape index (κ2) is 6.97. The van der Waals surface area contributed by atoms with Gasteiger partial charge in [-0.25, -0.2) is 5.01 Å². The maximum atomic E-state index is 12.4. The number of nitrogens with zero attached hydrogens (tertiary/aromatic N) is 2. The molecule has 0 unspecified atom stereocenters. The van der Waals surface area contributed by atoms with Gasteiger partial charge in [0.2, 0.25) is 5.91 Å². The van der Waals surface area contributed by atoms with Gasteiger partial charge in [-0.3, -0.25) is 9.59 Å². The molecule has 0 bridgehead atoms. The van der Waals surface area contributed by atoms with E-state index in [-0.39, 0.29) is 18.2 Å². The molecule has 1 heterocycles. The van der Waals surface area contributed by atoms with Crippen LogP contribution < -0.4 is 10.3 Å². The van der Waals surface area contributed by atoms with Gasteiger partial charge in [0.15, 0.2) is 0 Å². The molecule has 0 atom stereocenters. The Morgan fingerprint density at radius 3 is 2.62 bits per heavy atom. The molecule has 0 aliphatic carbocycles. The number of anilines is 2. The van der Waals surface area contributed by atoms with Gasteiger partial charge < -0.3 is 5.32 Å². The van der Waals surface area contributed by atoms with Crippen LogP contribution in [0.25, 0.3) is 0 Å². The van der Waals surface area contributed by atoms with Crippen LogP contribution in [0, 0.1) is 6.92 Å². The minimum absolute atomic E-state index is 0.113. The van der Waals surface area contributed by atoms with Crippen molar-refractivity contribution < 1.29 is 9.59 Å². The number of rotatable bonds is 3. The number of halogens is 1. The van der Waals surface area contributed by atoms with Crippen molar-refractivity contribution in [3.63, 3.8) is 0 Å². The van der Waals surface area contributed by atoms with Crippen molar-refractivity contribution in [2.45, 2.75) is 19.8 Å². The molecule has 1 N–H and O–H groups in total. The largest absolute Gasteiger partial charge is 0.321 e. The molecule has 6 heteroatoms. The summed E-state index contributed by atoms with van der Waals surface area (Å²) in [5, 5.41) is 8.37. The third kappa shape index (κ3) is 3.71. The van der Waals surface area contributed by atoms with Crippen LogP contribution in [0.15, 0.2) is 58.1 Å². The van der Waals surface area contributed by atoms with Gasteiger partial charge >= 0.3 is 0 Å². The lowest BCUT2D eigenvalue weighted by Crippen LogP contribution is -2.36. The van der Waals surface area contributed by atoms with E-state index in [4.69, 9.17) is 0 Å². The molecular formula is C18H16BrN3O2. The monoisotopic (exact) mass is 385 g/mol. The van der Waals surface area contributed by atoms with E-state index in [1.54, 1.807) is 6.07 Å². The van der Waals surface area contributed by atoms with Crippen molar-refractivity contribution in [3.8, 4) is 0 Å². The summed E-state index contributed by atoms with van der Waals surface area (Å²) in [6.07, 6.45) is 0.597. The summed E-state index contributed by atoms with van der Waals surface area (Å²) >= 11 is 3.37. The highest BCUT2D eigenvalue weighted by molar-refractivity contribution is 9.10. The van der Waals surface area contributed by atoms with E-state index in [1.807, 2.05) is 49.4 Å². The quantitative estimate of drug-likeness (QED) is 0.871. The number of amides is 2. The van der Waals surface area contributed by atoms with Gasteiger partial charge in [0.1, 0.15) is 5.71 Å². The molecule has 1 aliphatic rings. The van der Waals surface area contributed by atoms with E-state index in [1.165, 1.54) is 5.01 Å². The lowest BCUT2D eigenvalue weighted by Gasteiger charge is -2.23. The number of carbonyl (C=O) groups excluding carboxylic acids is 2. The van der Waals surface area contributed by atoms with Crippen LogP contribution in [0.4, 0.5) is 11.4 Å². The zero-order valence-corrected chi connectivity index (χ0v) is 14.7. The van der Waals surface area contributed by atoms with E-state index in [0.29, 0.717) is 23.5 Å². The molecule has 0 radical (unpaired) electrons. The van der Waals surface area contributed by atoms with Crippen molar-refractivity contribution >= 4 is 44.8 Å². The van der Waals surface area contributed by atoms with Gasteiger partial charge in [0.05, 0.1) is 5.69 Å². The van der Waals surface area contributed by atoms with Gasteiger partial charge in [-0.05, 0) is 37.3 Å². The van der Waals surface area contributed by atoms with Crippen LogP contribution in [0.2, 0.25) is 0 Å². The van der Waals surface area contributed by atoms with E-state index in [9.17, 15) is 9.59 Å². The number of hydrogen-bond acceptors (Lipinski definition) is 3. The van der Waals surface area contributed by atoms with E-state index < -0.39 is 0 Å². The third-order valence-electron chi connectivity index (χ3n) is 3.66. The Labute approximate surface area is 148 Å². The Bertz CT molecular complexity index is 815. The number of carbonyl (C=O) groups is 2. The van der Waals surface area contributed by atoms with E-state index in [2.05, 4.69) is 26.3 Å². The fourth-order valence-electron chi connectivity index (χ4n) is 2.37. The fraction of sp³-hybridized carbons (Fsp3) is 0.167. The Kier molecular flexibility index (Phi) is 4.76. The van der Waals surface area contributed by atoms with Crippen LogP contribution >= 0.6 is 15.9 Å². The first-order chi connectivity index (χ1) is 11.5. The summed E-state index contributed by atoms with van der Waals surface area (Å²) < 4.78 is 0.877. The molecule has 2 amide bonds. The lowest BCUT2D eigenvalue weighted by molar-refractivity contribution is -0.118. The van der Waals surface area contributed by atoms with E-state index in [0.717, 1.165) is 10.0 Å². The molecule has 1 aliphatic heterocycles. The maximum Gasteiger partial charge on any atom is 0.271 e. The summed E-state index contributed by atoms with van der Waals surface area (Å²) in [6.45, 7) is 1.97. The summed E-state index contributed by atoms with van der Waals surface area (Å²) in [5.74, 6) is -0.407. The molecule has 2 aromatic rings. The molecular weight excluding hydrogens is 370 g/mol. The van der Waals surface area contributed by atoms with Crippen molar-refractivity contribution in [2.24, 2.45) is 5.10 Å². The van der Waals surface area contributed by atoms with Crippen LogP contribution in [-0.2, 0) is 9.59 Å². The summed E-state index contributed by atoms with van der Waals surface area (Å²) in [6, 6.07) is 14.8. The number of aryl methyl sites for hydroxylation is 1. The SMILES string of the molecule is Cc1ccc(N2N=C(C(=O)Nc3cccc(Br)c3)CCC2=O)cc1. The van der Waals surface area contributed by atoms with Crippen molar-refractivity contribution in [3.05, 3.63) is 58.6 Å². The van der Waals surface area contributed by atoms with Crippen molar-refractivity contribution in [2.75, 3.05) is 10.3 Å². The fourth-order valence-corrected chi connectivity index (χ4v) is 2.77. The minimum atomic E-state index is -0.294. The van der Waals surface area contributed by atoms with Crippen LogP contribution in [-0.4, -0.2) is 17.5 Å². The molecule has 0 saturated carbocycles. The minimum Gasteiger partial charge on any atom is -0.321 e. The number of nitrogens with one attached hydrogen (secondary N) is 1. The number of hydrogen-bond donors (Lipinski definition) is 1. The summed E-state index contributed by atoms with van der Waals surface area (Å²) in [7, 11) is 0. The van der Waals surface area contributed by atoms with Gasteiger partial charge in [0, 0.05) is 23.0 Å². The first kappa shape index (κ1) is 16.4. The summed E-state index contributed by atoms with van der Waals surface area (Å²) in [5.41, 5.74) is 2.78. The molecule has 5 nitrogen and oxygen atoms in total. The Morgan fingerprint density at radius 1 is 1.17 bits per heavy atom. The average molecular weight is 386 g/mol. The predicted octanol–water partition coefficient (Wildman–Crippen LogP) is 3.88. The van der Waals surface area contributed by atoms with Gasteiger partial charge in [-0.1, -0.05) is 39.7 Å². The zero-order chi connectivity index (χ0) is 17.1. The molecule has 24 heavy (non-hydrogen) atoms. The van der Waals surface area contributed by atoms with Crippen LogP contribution in [0.5, 0.6) is 0 Å². The first-order valence-corrected chi connectivity index (χ1v) is 8.36. The van der Waals surface area contributed by atoms with Gasteiger partial charge in [-0.2, -0.15) is 5.10 Å². The lowest BCUT2D eigenvalue weighted by atomic mass is 10.1. The Balaban J connectivity index is 1.82. The maximum absolute atomic E-state index is 12.4. The van der Waals surface area contributed by atoms with Gasteiger partial charge in [0.25, 0.3) is 5.91 Å². The van der Waals surface area contributed by atoms with Gasteiger partial charge in [-0.15, -0.1) is 0 Å². The van der Waals surface area contributed by atoms with Crippen LogP contribution in [0.3, 0.4) is 0 Å². The Hall–Kier alpha value is -2.47. The molecule has 3 rings (SSSR count). The molecule has 0 spiro atoms. The summed E-state index contributed by atoms with van der Waals surface area (Å²) in [4.78, 5) is 24.6. The molecule has 0 aromatic heterocycles. The number of hydrazone groups is 1. The van der Waals surface area contributed by atoms with Crippen molar-refractivity contribution in [1.29, 1.82) is 0 Å². The smallest absolute Gasteiger partial charge is 0.271 e. The standard InChI is InChI=1S/C18H16BrN3O2/c1-12-5-7-15(8-6-12)22-17(23)10-9-16(21-22)18(24)20-14-4-2-3-13(19)11-14/h2-8,11H,9-10H2,1H3,(H,20,24). The highest BCUT2D eigenvalue weighted by Crippen LogP contribution is 2.21. The first-order valence-electron chi connectivity index (χ1n) is 7.57. The molecule has 0 saturated heterocycles. The second-order valence-electron chi connectivity index (χ2n) is 5.55. The third-order valence-corrected chi connectivity index (χ3v) is 4.15. The zero-order valence-electron chi connectivity index (χ0n) is 13.1. The normalized spacial score (nSPS) is 14.3.